The summed E-state index contributed by atoms with van der Waals surface area (Å²) < 4.78 is 0. The Balaban J connectivity index is 1.61. The van der Waals surface area contributed by atoms with Crippen molar-refractivity contribution in [2.24, 2.45) is 0 Å². The molecule has 1 aliphatic heterocycles. The van der Waals surface area contributed by atoms with Crippen LogP contribution in [-0.4, -0.2) is 39.9 Å². The number of likely N-dealkylation sites (tertiary alicyclic amines) is 1. The lowest BCUT2D eigenvalue weighted by atomic mass is 10.1. The molecule has 1 N–H and O–H groups in total. The first kappa shape index (κ1) is 13.3. The summed E-state index contributed by atoms with van der Waals surface area (Å²) in [5.41, 5.74) is 0.462. The first-order chi connectivity index (χ1) is 9.83. The molecule has 0 bridgehead atoms. The predicted octanol–water partition coefficient (Wildman–Crippen LogP) is 2.46. The molecule has 0 atom stereocenters. The van der Waals surface area contributed by atoms with Gasteiger partial charge in [-0.2, -0.15) is 0 Å². The van der Waals surface area contributed by atoms with Crippen LogP contribution in [0.3, 0.4) is 0 Å². The molecule has 2 heterocycles. The zero-order valence-electron chi connectivity index (χ0n) is 11.8. The number of nitrogens with one attached hydrogen (secondary N) is 1. The number of rotatable bonds is 3. The van der Waals surface area contributed by atoms with Gasteiger partial charge < -0.3 is 10.2 Å². The van der Waals surface area contributed by atoms with Gasteiger partial charge in [0.15, 0.2) is 0 Å². The Hall–Kier alpha value is -1.65. The van der Waals surface area contributed by atoms with Gasteiger partial charge in [0.2, 0.25) is 0 Å². The van der Waals surface area contributed by atoms with E-state index in [-0.39, 0.29) is 5.91 Å². The number of piperidine rings is 1. The molecule has 0 unspecified atom stereocenters. The van der Waals surface area contributed by atoms with Crippen LogP contribution in [0.4, 0.5) is 5.82 Å². The van der Waals surface area contributed by atoms with E-state index in [9.17, 15) is 4.79 Å². The molecule has 1 amide bonds. The van der Waals surface area contributed by atoms with E-state index in [0.29, 0.717) is 11.7 Å². The molecule has 5 nitrogen and oxygen atoms in total. The molecule has 2 fully saturated rings. The number of aromatic nitrogens is 2. The van der Waals surface area contributed by atoms with Crippen molar-refractivity contribution < 1.29 is 4.79 Å². The van der Waals surface area contributed by atoms with Crippen LogP contribution in [-0.2, 0) is 0 Å². The molecule has 5 heteroatoms. The third-order valence-electron chi connectivity index (χ3n) is 4.22. The van der Waals surface area contributed by atoms with Gasteiger partial charge in [0.1, 0.15) is 11.5 Å². The van der Waals surface area contributed by atoms with Crippen LogP contribution in [0.2, 0.25) is 0 Å². The van der Waals surface area contributed by atoms with Crippen molar-refractivity contribution in [3.05, 3.63) is 18.1 Å². The van der Waals surface area contributed by atoms with E-state index in [4.69, 9.17) is 0 Å². The van der Waals surface area contributed by atoms with Crippen LogP contribution in [0.15, 0.2) is 12.4 Å². The quantitative estimate of drug-likeness (QED) is 0.920. The van der Waals surface area contributed by atoms with E-state index < -0.39 is 0 Å². The Kier molecular flexibility index (Phi) is 4.14. The van der Waals surface area contributed by atoms with Crippen LogP contribution < -0.4 is 5.32 Å². The highest BCUT2D eigenvalue weighted by Crippen LogP contribution is 2.21. The van der Waals surface area contributed by atoms with E-state index in [2.05, 4.69) is 15.3 Å². The van der Waals surface area contributed by atoms with Crippen LogP contribution >= 0.6 is 0 Å². The number of amides is 1. The molecule has 1 aliphatic carbocycles. The molecule has 1 saturated heterocycles. The normalized spacial score (nSPS) is 20.1. The maximum Gasteiger partial charge on any atom is 0.274 e. The first-order valence-electron chi connectivity index (χ1n) is 7.71. The molecule has 108 valence electrons. The summed E-state index contributed by atoms with van der Waals surface area (Å²) in [6.45, 7) is 1.70. The minimum Gasteiger partial charge on any atom is -0.366 e. The second kappa shape index (κ2) is 6.20. The number of anilines is 1. The number of carbonyl (C=O) groups is 1. The van der Waals surface area contributed by atoms with E-state index in [1.807, 2.05) is 4.90 Å². The van der Waals surface area contributed by atoms with Gasteiger partial charge in [0.25, 0.3) is 5.91 Å². The van der Waals surface area contributed by atoms with E-state index in [1.54, 1.807) is 12.4 Å². The number of carbonyl (C=O) groups excluding carboxylic acids is 1. The molecular formula is C15H22N4O. The highest BCUT2D eigenvalue weighted by atomic mass is 16.2. The van der Waals surface area contributed by atoms with Crippen molar-refractivity contribution in [1.29, 1.82) is 0 Å². The summed E-state index contributed by atoms with van der Waals surface area (Å²) in [5, 5.41) is 3.39. The third-order valence-corrected chi connectivity index (χ3v) is 4.22. The van der Waals surface area contributed by atoms with E-state index in [0.717, 1.165) is 31.7 Å². The highest BCUT2D eigenvalue weighted by molar-refractivity contribution is 5.92. The molecule has 1 aromatic rings. The average Bonchev–Trinajstić information content (AvgIpc) is 3.01. The summed E-state index contributed by atoms with van der Waals surface area (Å²) in [6.07, 6.45) is 11.7. The van der Waals surface area contributed by atoms with Crippen LogP contribution in [0.1, 0.15) is 55.4 Å². The highest BCUT2D eigenvalue weighted by Gasteiger charge is 2.20. The summed E-state index contributed by atoms with van der Waals surface area (Å²) >= 11 is 0. The maximum absolute atomic E-state index is 12.3. The molecule has 1 saturated carbocycles. The minimum atomic E-state index is 0.0182. The smallest absolute Gasteiger partial charge is 0.274 e. The number of nitrogens with zero attached hydrogens (tertiary/aromatic N) is 3. The zero-order chi connectivity index (χ0) is 13.8. The first-order valence-corrected chi connectivity index (χ1v) is 7.71. The largest absolute Gasteiger partial charge is 0.366 e. The lowest BCUT2D eigenvalue weighted by molar-refractivity contribution is 0.0718. The van der Waals surface area contributed by atoms with Crippen molar-refractivity contribution in [3.8, 4) is 0 Å². The van der Waals surface area contributed by atoms with Crippen LogP contribution in [0, 0.1) is 0 Å². The molecule has 1 aromatic heterocycles. The fourth-order valence-electron chi connectivity index (χ4n) is 3.05. The van der Waals surface area contributed by atoms with Crippen LogP contribution in [0.25, 0.3) is 0 Å². The third kappa shape index (κ3) is 3.08. The van der Waals surface area contributed by atoms with Crippen molar-refractivity contribution in [2.75, 3.05) is 18.4 Å². The van der Waals surface area contributed by atoms with Crippen molar-refractivity contribution >= 4 is 11.7 Å². The fourth-order valence-corrected chi connectivity index (χ4v) is 3.05. The standard InChI is InChI=1S/C15H22N4O/c20-15(19-8-4-1-5-9-19)13-10-17-14(11-16-13)18-12-6-2-3-7-12/h10-12H,1-9H2,(H,17,18). The second-order valence-corrected chi connectivity index (χ2v) is 5.77. The Morgan fingerprint density at radius 3 is 2.45 bits per heavy atom. The van der Waals surface area contributed by atoms with Gasteiger partial charge in [0.05, 0.1) is 12.4 Å². The van der Waals surface area contributed by atoms with Gasteiger partial charge >= 0.3 is 0 Å². The van der Waals surface area contributed by atoms with Gasteiger partial charge in [-0.3, -0.25) is 4.79 Å². The van der Waals surface area contributed by atoms with Gasteiger partial charge in [-0.15, -0.1) is 0 Å². The second-order valence-electron chi connectivity index (χ2n) is 5.77. The maximum atomic E-state index is 12.3. The molecule has 2 aliphatic rings. The van der Waals surface area contributed by atoms with E-state index >= 15 is 0 Å². The van der Waals surface area contributed by atoms with Gasteiger partial charge in [0, 0.05) is 19.1 Å². The molecular weight excluding hydrogens is 252 g/mol. The van der Waals surface area contributed by atoms with Gasteiger partial charge in [-0.25, -0.2) is 9.97 Å². The monoisotopic (exact) mass is 274 g/mol. The summed E-state index contributed by atoms with van der Waals surface area (Å²) in [6, 6.07) is 0.521. The topological polar surface area (TPSA) is 58.1 Å². The SMILES string of the molecule is O=C(c1cnc(NC2CCCC2)cn1)N1CCCCC1. The predicted molar refractivity (Wildman–Crippen MR) is 77.7 cm³/mol. The summed E-state index contributed by atoms with van der Waals surface area (Å²) in [4.78, 5) is 22.8. The van der Waals surface area contributed by atoms with Crippen molar-refractivity contribution in [3.63, 3.8) is 0 Å². The van der Waals surface area contributed by atoms with E-state index in [1.165, 1.54) is 32.1 Å². The molecule has 0 aromatic carbocycles. The van der Waals surface area contributed by atoms with Gasteiger partial charge in [-0.05, 0) is 32.1 Å². The minimum absolute atomic E-state index is 0.0182. The van der Waals surface area contributed by atoms with Crippen molar-refractivity contribution in [2.45, 2.75) is 51.0 Å². The number of hydrogen-bond acceptors (Lipinski definition) is 4. The van der Waals surface area contributed by atoms with Crippen molar-refractivity contribution in [1.82, 2.24) is 14.9 Å². The Morgan fingerprint density at radius 2 is 1.80 bits per heavy atom. The fraction of sp³-hybridized carbons (Fsp3) is 0.667. The lowest BCUT2D eigenvalue weighted by Gasteiger charge is -2.26. The van der Waals surface area contributed by atoms with Crippen LogP contribution in [0.5, 0.6) is 0 Å². The molecule has 0 radical (unpaired) electrons. The molecule has 3 rings (SSSR count). The lowest BCUT2D eigenvalue weighted by Crippen LogP contribution is -2.36. The summed E-state index contributed by atoms with van der Waals surface area (Å²) in [7, 11) is 0. The molecule has 0 spiro atoms. The van der Waals surface area contributed by atoms with Gasteiger partial charge in [-0.1, -0.05) is 12.8 Å². The number of hydrogen-bond donors (Lipinski definition) is 1. The Bertz CT molecular complexity index is 447. The molecule has 20 heavy (non-hydrogen) atoms. The Morgan fingerprint density at radius 1 is 1.05 bits per heavy atom. The Labute approximate surface area is 119 Å². The average molecular weight is 274 g/mol. The zero-order valence-corrected chi connectivity index (χ0v) is 11.8. The summed E-state index contributed by atoms with van der Waals surface area (Å²) in [5.74, 6) is 0.803.